The standard InChI is InChI=1S/C84H86Br8N4O24/c1-37(85)77(97)113-45(9)105-57-25-53(26-58(33-57)106-46(10)114-78(98)38(2)86)73-65-17-19-67(93-65)74(54-27-59(107-47(11)115-79(99)39(3)87)34-60(28-54)108-48(12)116-80(100)40(4)88)69-21-23-71(95-69)76(56-31-63(111-51(15)119-83(103)43(7)91)36-64(32-56)112-52(16)120-84(104)44(8)92)72-24-22-70(96-72)75(68-20-18-66(73)94-68)55-29-61(109-49(13)117-81(101)41(5)89)35-62(30-55)110-50(14)118-82(102)42(6)90/h17-52,93,96H,1-16H3. The van der Waals surface area contributed by atoms with E-state index in [4.69, 9.17) is 85.8 Å². The van der Waals surface area contributed by atoms with Gasteiger partial charge in [0.1, 0.15) is 84.6 Å². The molecule has 9 rings (SSSR count). The molecule has 8 bridgehead atoms. The normalized spacial score (nSPS) is 15.7. The van der Waals surface area contributed by atoms with Crippen LogP contribution in [0.3, 0.4) is 0 Å². The molecule has 0 saturated heterocycles. The molecule has 4 aromatic carbocycles. The van der Waals surface area contributed by atoms with Gasteiger partial charge in [0.25, 0.3) is 0 Å². The van der Waals surface area contributed by atoms with Crippen molar-refractivity contribution in [1.82, 2.24) is 19.9 Å². The zero-order valence-electron chi connectivity index (χ0n) is 67.5. The van der Waals surface area contributed by atoms with Crippen LogP contribution < -0.4 is 37.9 Å². The van der Waals surface area contributed by atoms with Crippen LogP contribution in [0.2, 0.25) is 0 Å². The van der Waals surface area contributed by atoms with Crippen molar-refractivity contribution in [3.05, 3.63) is 120 Å². The highest BCUT2D eigenvalue weighted by molar-refractivity contribution is 9.11. The third-order valence-corrected chi connectivity index (χ3v) is 19.7. The molecule has 36 heteroatoms. The SMILES string of the molecule is CC(OC(=O)C(C)Br)Oc1cc(OC(C)OC(=O)C(C)Br)cc(-c2c3nc(c(-c4cc(OC(C)OC(=O)C(C)Br)cc(OC(C)OC(=O)C(C)Br)c4)c4ccc([nH]4)c(-c4cc(OC(C)OC(=O)C(C)Br)cc(OC(C)OC(=O)C(C)Br)c4)c4nc(c(-c5cc(OC(C)OC(=O)C(C)Br)cc(OC(C)OC(=O)C(C)Br)c5)c5ccc2[nH]5)C=C4)C=C3)c1. The van der Waals surface area contributed by atoms with Gasteiger partial charge in [0.2, 0.25) is 50.3 Å². The molecule has 642 valence electrons. The van der Waals surface area contributed by atoms with Crippen LogP contribution in [-0.2, 0) is 76.3 Å². The number of carbonyl (C=O) groups is 8. The second-order valence-electron chi connectivity index (χ2n) is 27.2. The largest absolute Gasteiger partial charge is 0.455 e. The van der Waals surface area contributed by atoms with E-state index in [1.165, 1.54) is 79.7 Å². The second-order valence-corrected chi connectivity index (χ2v) is 38.2. The molecule has 0 radical (unpaired) electrons. The van der Waals surface area contributed by atoms with E-state index >= 15 is 0 Å². The quantitative estimate of drug-likeness (QED) is 0.0159. The van der Waals surface area contributed by atoms with Gasteiger partial charge in [-0.05, 0) is 175 Å². The van der Waals surface area contributed by atoms with Crippen LogP contribution in [-0.4, -0.2) is 157 Å². The third kappa shape index (κ3) is 26.7. The molecular weight excluding hydrogens is 2090 g/mol. The predicted molar refractivity (Wildman–Crippen MR) is 477 cm³/mol. The van der Waals surface area contributed by atoms with E-state index in [1.54, 1.807) is 152 Å². The molecule has 16 atom stereocenters. The maximum atomic E-state index is 13.1. The average molecular weight is 2170 g/mol. The lowest BCUT2D eigenvalue weighted by atomic mass is 10.0. The second kappa shape index (κ2) is 43.0. The minimum absolute atomic E-state index is 0.107. The number of esters is 8. The molecule has 5 heterocycles. The van der Waals surface area contributed by atoms with Crippen molar-refractivity contribution in [2.45, 2.75) is 200 Å². The molecule has 0 saturated carbocycles. The Morgan fingerprint density at radius 3 is 0.492 bits per heavy atom. The van der Waals surface area contributed by atoms with E-state index in [9.17, 15) is 38.4 Å². The van der Waals surface area contributed by atoms with E-state index in [0.717, 1.165) is 0 Å². The van der Waals surface area contributed by atoms with E-state index in [0.29, 0.717) is 66.6 Å². The van der Waals surface area contributed by atoms with Crippen molar-refractivity contribution >= 4 is 222 Å². The van der Waals surface area contributed by atoms with Crippen molar-refractivity contribution in [2.75, 3.05) is 0 Å². The summed E-state index contributed by atoms with van der Waals surface area (Å²) in [7, 11) is 0. The number of ether oxygens (including phenoxy) is 16. The Kier molecular flexibility index (Phi) is 34.2. The molecule has 120 heavy (non-hydrogen) atoms. The number of aromatic amines is 2. The maximum Gasteiger partial charge on any atom is 0.322 e. The molecule has 16 unspecified atom stereocenters. The summed E-state index contributed by atoms with van der Waals surface area (Å²) in [4.78, 5) is 118. The zero-order chi connectivity index (χ0) is 88.0. The first-order chi connectivity index (χ1) is 56.5. The van der Waals surface area contributed by atoms with Gasteiger partial charge in [0.05, 0.1) is 22.8 Å². The van der Waals surface area contributed by atoms with Gasteiger partial charge >= 0.3 is 47.8 Å². The van der Waals surface area contributed by atoms with Gasteiger partial charge < -0.3 is 85.8 Å². The summed E-state index contributed by atoms with van der Waals surface area (Å²) in [5.41, 5.74) is 5.51. The summed E-state index contributed by atoms with van der Waals surface area (Å²) in [6.45, 7) is 25.0. The molecule has 3 aromatic heterocycles. The first-order valence-corrected chi connectivity index (χ1v) is 44.8. The number of hydrogen-bond acceptors (Lipinski definition) is 26. The molecule has 0 aliphatic carbocycles. The van der Waals surface area contributed by atoms with Crippen LogP contribution in [0.15, 0.2) is 97.1 Å². The van der Waals surface area contributed by atoms with Gasteiger partial charge in [-0.15, -0.1) is 0 Å². The number of carbonyl (C=O) groups excluding carboxylic acids is 8. The lowest BCUT2D eigenvalue weighted by Crippen LogP contribution is -2.25. The zero-order valence-corrected chi connectivity index (χ0v) is 80.2. The molecule has 2 aliphatic heterocycles. The van der Waals surface area contributed by atoms with Gasteiger partial charge in [-0.3, -0.25) is 38.4 Å². The number of alkyl halides is 8. The summed E-state index contributed by atoms with van der Waals surface area (Å²) in [5.74, 6) is -4.15. The van der Waals surface area contributed by atoms with Crippen molar-refractivity contribution < 1.29 is 114 Å². The Balaban J connectivity index is 1.50. The fourth-order valence-electron chi connectivity index (χ4n) is 11.6. The number of hydrogen-bond donors (Lipinski definition) is 2. The van der Waals surface area contributed by atoms with Crippen LogP contribution in [0, 0.1) is 0 Å². The highest BCUT2D eigenvalue weighted by Crippen LogP contribution is 2.45. The summed E-state index contributed by atoms with van der Waals surface area (Å²) in [6.07, 6.45) is -2.56. The highest BCUT2D eigenvalue weighted by Gasteiger charge is 2.29. The molecule has 2 N–H and O–H groups in total. The lowest BCUT2D eigenvalue weighted by molar-refractivity contribution is -0.161. The van der Waals surface area contributed by atoms with Crippen molar-refractivity contribution in [2.24, 2.45) is 0 Å². The number of rotatable bonds is 36. The fourth-order valence-corrected chi connectivity index (χ4v) is 12.5. The Morgan fingerprint density at radius 2 is 0.367 bits per heavy atom. The van der Waals surface area contributed by atoms with Gasteiger partial charge in [0.15, 0.2) is 0 Å². The summed E-state index contributed by atoms with van der Waals surface area (Å²) in [5, 5.41) is 0. The van der Waals surface area contributed by atoms with Crippen LogP contribution in [0.5, 0.6) is 46.0 Å². The Labute approximate surface area is 759 Å². The number of nitrogens with zero attached hydrogens (tertiary/aromatic N) is 2. The molecule has 0 spiro atoms. The monoisotopic (exact) mass is 2170 g/mol. The summed E-state index contributed by atoms with van der Waals surface area (Å²) >= 11 is 26.3. The van der Waals surface area contributed by atoms with Gasteiger partial charge in [-0.1, -0.05) is 127 Å². The Hall–Kier alpha value is -8.52. The number of fused-ring (bicyclic) bond motifs is 8. The lowest BCUT2D eigenvalue weighted by Gasteiger charge is -2.20. The first kappa shape index (κ1) is 95.3. The molecule has 0 amide bonds. The van der Waals surface area contributed by atoms with Crippen LogP contribution >= 0.6 is 127 Å². The Morgan fingerprint density at radius 1 is 0.233 bits per heavy atom. The smallest absolute Gasteiger partial charge is 0.322 e. The van der Waals surface area contributed by atoms with E-state index in [2.05, 4.69) is 137 Å². The first-order valence-electron chi connectivity index (χ1n) is 37.4. The number of H-pyrrole nitrogens is 2. The predicted octanol–water partition coefficient (Wildman–Crippen LogP) is 19.7. The van der Waals surface area contributed by atoms with Crippen molar-refractivity contribution in [1.29, 1.82) is 0 Å². The van der Waals surface area contributed by atoms with Crippen molar-refractivity contribution in [3.63, 3.8) is 0 Å². The van der Waals surface area contributed by atoms with E-state index in [1.807, 2.05) is 0 Å². The molecule has 7 aromatic rings. The van der Waals surface area contributed by atoms with Crippen LogP contribution in [0.1, 0.15) is 134 Å². The van der Waals surface area contributed by atoms with Crippen molar-refractivity contribution in [3.8, 4) is 90.5 Å². The molecule has 0 fully saturated rings. The molecule has 2 aliphatic rings. The highest BCUT2D eigenvalue weighted by atomic mass is 79.9. The maximum absolute atomic E-state index is 13.1. The number of nitrogens with one attached hydrogen (secondary N) is 2. The summed E-state index contributed by atoms with van der Waals surface area (Å²) in [6, 6.07) is 26.7. The number of aromatic nitrogens is 4. The third-order valence-electron chi connectivity index (χ3n) is 16.7. The van der Waals surface area contributed by atoms with Gasteiger partial charge in [0, 0.05) is 124 Å². The van der Waals surface area contributed by atoms with Gasteiger partial charge in [-0.2, -0.15) is 0 Å². The van der Waals surface area contributed by atoms with E-state index in [-0.39, 0.29) is 68.8 Å². The number of benzene rings is 4. The topological polar surface area (TPSA) is 342 Å². The minimum atomic E-state index is -1.20. The fraction of sp³-hybridized carbons (Fsp3) is 0.381. The van der Waals surface area contributed by atoms with Gasteiger partial charge in [-0.25, -0.2) is 9.97 Å². The van der Waals surface area contributed by atoms with Crippen LogP contribution in [0.4, 0.5) is 0 Å². The minimum Gasteiger partial charge on any atom is -0.455 e. The summed E-state index contributed by atoms with van der Waals surface area (Å²) < 4.78 is 97.0. The number of halogens is 8. The van der Waals surface area contributed by atoms with E-state index < -0.39 is 137 Å². The Bertz CT molecular complexity index is 4390. The molecular formula is C84H86Br8N4O24. The molecule has 28 nitrogen and oxygen atoms in total. The van der Waals surface area contributed by atoms with Crippen LogP contribution in [0.25, 0.3) is 90.9 Å². The average Bonchev–Trinajstić information content (AvgIpc) is 1.60.